The van der Waals surface area contributed by atoms with Crippen LogP contribution in [0.4, 0.5) is 4.79 Å². The zero-order valence-electron chi connectivity index (χ0n) is 13.3. The summed E-state index contributed by atoms with van der Waals surface area (Å²) in [6, 6.07) is 6.64. The topological polar surface area (TPSA) is 67.9 Å². The standard InChI is InChI=1S/C16H19BrN2O4/c1-10-13(15(20)23-3)14(11-4-6-12(17)7-5-11)18-16(21)19(10)8-9-22-2/h4-7,14H,8-9H2,1-3H3,(H,18,21)/t14-/m1/s1. The Kier molecular flexibility index (Phi) is 5.79. The summed E-state index contributed by atoms with van der Waals surface area (Å²) >= 11 is 3.38. The van der Waals surface area contributed by atoms with Crippen LogP contribution in [0.2, 0.25) is 0 Å². The molecule has 0 saturated carbocycles. The highest BCUT2D eigenvalue weighted by Crippen LogP contribution is 2.31. The molecule has 124 valence electrons. The second kappa shape index (κ2) is 7.61. The minimum Gasteiger partial charge on any atom is -0.466 e. The van der Waals surface area contributed by atoms with E-state index in [2.05, 4.69) is 21.2 Å². The molecule has 0 unspecified atom stereocenters. The molecule has 0 aromatic heterocycles. The number of nitrogens with zero attached hydrogens (tertiary/aromatic N) is 1. The van der Waals surface area contributed by atoms with Crippen LogP contribution in [0.3, 0.4) is 0 Å². The normalized spacial score (nSPS) is 18.0. The van der Waals surface area contributed by atoms with E-state index in [0.29, 0.717) is 24.4 Å². The van der Waals surface area contributed by atoms with Gasteiger partial charge >= 0.3 is 12.0 Å². The molecular formula is C16H19BrN2O4. The molecule has 1 heterocycles. The van der Waals surface area contributed by atoms with Crippen LogP contribution in [-0.2, 0) is 14.3 Å². The van der Waals surface area contributed by atoms with Gasteiger partial charge in [-0.05, 0) is 24.6 Å². The van der Waals surface area contributed by atoms with Crippen molar-refractivity contribution < 1.29 is 19.1 Å². The third-order valence-electron chi connectivity index (χ3n) is 3.72. The fraction of sp³-hybridized carbons (Fsp3) is 0.375. The van der Waals surface area contributed by atoms with Gasteiger partial charge in [-0.2, -0.15) is 0 Å². The van der Waals surface area contributed by atoms with Gasteiger partial charge in [0.25, 0.3) is 0 Å². The van der Waals surface area contributed by atoms with Gasteiger partial charge in [0.05, 0.1) is 31.9 Å². The highest BCUT2D eigenvalue weighted by atomic mass is 79.9. The number of halogens is 1. The monoisotopic (exact) mass is 382 g/mol. The van der Waals surface area contributed by atoms with Gasteiger partial charge in [0, 0.05) is 17.3 Å². The molecule has 7 heteroatoms. The summed E-state index contributed by atoms with van der Waals surface area (Å²) in [4.78, 5) is 26.1. The number of carbonyl (C=O) groups is 2. The molecule has 1 aliphatic heterocycles. The Balaban J connectivity index is 2.45. The smallest absolute Gasteiger partial charge is 0.337 e. The van der Waals surface area contributed by atoms with Crippen molar-refractivity contribution in [1.82, 2.24) is 10.2 Å². The number of benzene rings is 1. The molecule has 0 fully saturated rings. The number of esters is 1. The van der Waals surface area contributed by atoms with Crippen molar-refractivity contribution in [2.24, 2.45) is 0 Å². The van der Waals surface area contributed by atoms with Crippen LogP contribution >= 0.6 is 15.9 Å². The van der Waals surface area contributed by atoms with Crippen molar-refractivity contribution in [3.63, 3.8) is 0 Å². The second-order valence-electron chi connectivity index (χ2n) is 5.07. The first kappa shape index (κ1) is 17.5. The van der Waals surface area contributed by atoms with Gasteiger partial charge < -0.3 is 14.8 Å². The molecule has 2 rings (SSSR count). The van der Waals surface area contributed by atoms with Crippen LogP contribution in [0.15, 0.2) is 40.0 Å². The summed E-state index contributed by atoms with van der Waals surface area (Å²) in [5, 5.41) is 2.86. The van der Waals surface area contributed by atoms with E-state index in [1.807, 2.05) is 24.3 Å². The van der Waals surface area contributed by atoms with Gasteiger partial charge in [-0.1, -0.05) is 28.1 Å². The van der Waals surface area contributed by atoms with E-state index in [1.54, 1.807) is 14.0 Å². The SMILES string of the molecule is COCCN1C(=O)N[C@H](c2ccc(Br)cc2)C(C(=O)OC)=C1C. The number of ether oxygens (including phenoxy) is 2. The van der Waals surface area contributed by atoms with Gasteiger partial charge in [0.15, 0.2) is 0 Å². The van der Waals surface area contributed by atoms with Gasteiger partial charge in [-0.3, -0.25) is 4.90 Å². The van der Waals surface area contributed by atoms with Crippen molar-refractivity contribution in [3.05, 3.63) is 45.6 Å². The Morgan fingerprint density at radius 2 is 1.96 bits per heavy atom. The maximum Gasteiger partial charge on any atom is 0.337 e. The number of amides is 2. The molecule has 1 aromatic rings. The Hall–Kier alpha value is -1.86. The number of carbonyl (C=O) groups excluding carboxylic acids is 2. The molecule has 0 aliphatic carbocycles. The fourth-order valence-electron chi connectivity index (χ4n) is 2.51. The van der Waals surface area contributed by atoms with E-state index in [4.69, 9.17) is 9.47 Å². The van der Waals surface area contributed by atoms with Crippen LogP contribution in [0.5, 0.6) is 0 Å². The molecule has 0 radical (unpaired) electrons. The number of hydrogen-bond acceptors (Lipinski definition) is 4. The first-order valence-electron chi connectivity index (χ1n) is 7.11. The molecule has 1 N–H and O–H groups in total. The number of nitrogens with one attached hydrogen (secondary N) is 1. The highest BCUT2D eigenvalue weighted by molar-refractivity contribution is 9.10. The lowest BCUT2D eigenvalue weighted by molar-refractivity contribution is -0.136. The Bertz CT molecular complexity index is 627. The summed E-state index contributed by atoms with van der Waals surface area (Å²) in [6.45, 7) is 2.48. The maximum atomic E-state index is 12.4. The summed E-state index contributed by atoms with van der Waals surface area (Å²) in [7, 11) is 2.89. The van der Waals surface area contributed by atoms with Gasteiger partial charge in [0.2, 0.25) is 0 Å². The van der Waals surface area contributed by atoms with Crippen molar-refractivity contribution in [2.45, 2.75) is 13.0 Å². The predicted octanol–water partition coefficient (Wildman–Crippen LogP) is 2.61. The molecule has 1 aliphatic rings. The van der Waals surface area contributed by atoms with E-state index < -0.39 is 12.0 Å². The molecule has 0 saturated heterocycles. The molecule has 0 bridgehead atoms. The Labute approximate surface area is 143 Å². The van der Waals surface area contributed by atoms with Crippen LogP contribution in [0.1, 0.15) is 18.5 Å². The lowest BCUT2D eigenvalue weighted by Crippen LogP contribution is -2.48. The largest absolute Gasteiger partial charge is 0.466 e. The second-order valence-corrected chi connectivity index (χ2v) is 5.98. The molecule has 2 amide bonds. The highest BCUT2D eigenvalue weighted by Gasteiger charge is 2.35. The number of allylic oxidation sites excluding steroid dienone is 1. The zero-order valence-corrected chi connectivity index (χ0v) is 14.8. The van der Waals surface area contributed by atoms with E-state index in [9.17, 15) is 9.59 Å². The number of urea groups is 1. The summed E-state index contributed by atoms with van der Waals surface area (Å²) in [6.07, 6.45) is 0. The maximum absolute atomic E-state index is 12.4. The van der Waals surface area contributed by atoms with E-state index in [0.717, 1.165) is 10.0 Å². The third kappa shape index (κ3) is 3.73. The summed E-state index contributed by atoms with van der Waals surface area (Å²) in [5.74, 6) is -0.460. The molecule has 23 heavy (non-hydrogen) atoms. The first-order chi connectivity index (χ1) is 11.0. The average Bonchev–Trinajstić information content (AvgIpc) is 2.54. The molecular weight excluding hydrogens is 364 g/mol. The fourth-order valence-corrected chi connectivity index (χ4v) is 2.78. The van der Waals surface area contributed by atoms with Crippen molar-refractivity contribution >= 4 is 27.9 Å². The Morgan fingerprint density at radius 3 is 2.52 bits per heavy atom. The van der Waals surface area contributed by atoms with E-state index in [-0.39, 0.29) is 6.03 Å². The lowest BCUT2D eigenvalue weighted by atomic mass is 9.95. The van der Waals surface area contributed by atoms with E-state index >= 15 is 0 Å². The molecule has 6 nitrogen and oxygen atoms in total. The number of hydrogen-bond donors (Lipinski definition) is 1. The molecule has 1 aromatic carbocycles. The van der Waals surface area contributed by atoms with E-state index in [1.165, 1.54) is 12.0 Å². The Morgan fingerprint density at radius 1 is 1.30 bits per heavy atom. The zero-order chi connectivity index (χ0) is 17.0. The van der Waals surface area contributed by atoms with Crippen LogP contribution in [0.25, 0.3) is 0 Å². The quantitative estimate of drug-likeness (QED) is 0.794. The minimum absolute atomic E-state index is 0.264. The summed E-state index contributed by atoms with van der Waals surface area (Å²) < 4.78 is 10.9. The molecule has 1 atom stereocenters. The lowest BCUT2D eigenvalue weighted by Gasteiger charge is -2.35. The summed E-state index contributed by atoms with van der Waals surface area (Å²) in [5.41, 5.74) is 1.81. The number of rotatable bonds is 5. The third-order valence-corrected chi connectivity index (χ3v) is 4.25. The van der Waals surface area contributed by atoms with Crippen molar-refractivity contribution in [1.29, 1.82) is 0 Å². The molecule has 0 spiro atoms. The number of methoxy groups -OCH3 is 2. The first-order valence-corrected chi connectivity index (χ1v) is 7.90. The van der Waals surface area contributed by atoms with Gasteiger partial charge in [0.1, 0.15) is 0 Å². The average molecular weight is 383 g/mol. The van der Waals surface area contributed by atoms with Crippen LogP contribution in [-0.4, -0.2) is 44.3 Å². The van der Waals surface area contributed by atoms with Crippen LogP contribution < -0.4 is 5.32 Å². The van der Waals surface area contributed by atoms with Crippen molar-refractivity contribution in [2.75, 3.05) is 27.4 Å². The predicted molar refractivity (Wildman–Crippen MR) is 88.7 cm³/mol. The van der Waals surface area contributed by atoms with Crippen LogP contribution in [0, 0.1) is 0 Å². The van der Waals surface area contributed by atoms with Gasteiger partial charge in [-0.15, -0.1) is 0 Å². The minimum atomic E-state index is -0.540. The van der Waals surface area contributed by atoms with Crippen molar-refractivity contribution in [3.8, 4) is 0 Å². The van der Waals surface area contributed by atoms with Gasteiger partial charge in [-0.25, -0.2) is 9.59 Å².